The molecule has 0 amide bonds. The Bertz CT molecular complexity index is 496. The highest BCUT2D eigenvalue weighted by molar-refractivity contribution is 6.20. The van der Waals surface area contributed by atoms with Crippen LogP contribution >= 0.6 is 11.6 Å². The first-order valence-corrected chi connectivity index (χ1v) is 6.25. The third kappa shape index (κ3) is 2.50. The van der Waals surface area contributed by atoms with Gasteiger partial charge in [-0.2, -0.15) is 4.98 Å². The minimum Gasteiger partial charge on any atom is -0.334 e. The Hall–Kier alpha value is -1.35. The van der Waals surface area contributed by atoms with Crippen LogP contribution in [0.2, 0.25) is 0 Å². The van der Waals surface area contributed by atoms with Gasteiger partial charge in [0, 0.05) is 5.56 Å². The Morgan fingerprint density at radius 2 is 2.06 bits per heavy atom. The van der Waals surface area contributed by atoms with Gasteiger partial charge in [-0.3, -0.25) is 0 Å². The van der Waals surface area contributed by atoms with Crippen LogP contribution in [0.4, 0.5) is 0 Å². The van der Waals surface area contributed by atoms with Gasteiger partial charge < -0.3 is 4.52 Å². The monoisotopic (exact) mass is 250 g/mol. The molecule has 0 N–H and O–H groups in total. The zero-order chi connectivity index (χ0) is 12.3. The number of hydrogen-bond donors (Lipinski definition) is 0. The van der Waals surface area contributed by atoms with Crippen LogP contribution in [0.1, 0.15) is 37.0 Å². The lowest BCUT2D eigenvalue weighted by molar-refractivity contribution is 0.421. The van der Waals surface area contributed by atoms with Gasteiger partial charge in [0.2, 0.25) is 0 Å². The summed E-state index contributed by atoms with van der Waals surface area (Å²) in [6, 6.07) is 8.04. The molecule has 0 radical (unpaired) electrons. The fourth-order valence-electron chi connectivity index (χ4n) is 1.69. The molecule has 0 bridgehead atoms. The zero-order valence-corrected chi connectivity index (χ0v) is 10.7. The molecule has 1 aromatic heterocycles. The maximum absolute atomic E-state index is 6.08. The van der Waals surface area contributed by atoms with Crippen molar-refractivity contribution >= 4 is 11.6 Å². The lowest BCUT2D eigenvalue weighted by Gasteiger charge is -2.01. The molecule has 1 heterocycles. The second-order valence-electron chi connectivity index (χ2n) is 3.84. The maximum Gasteiger partial charge on any atom is 0.258 e. The van der Waals surface area contributed by atoms with Crippen molar-refractivity contribution in [2.24, 2.45) is 0 Å². The molecule has 2 aromatic rings. The normalized spacial score (nSPS) is 12.6. The Morgan fingerprint density at radius 3 is 2.76 bits per heavy atom. The predicted molar refractivity (Wildman–Crippen MR) is 68.0 cm³/mol. The van der Waals surface area contributed by atoms with E-state index in [1.165, 1.54) is 5.56 Å². The molecule has 0 saturated carbocycles. The van der Waals surface area contributed by atoms with E-state index in [0.29, 0.717) is 11.7 Å². The van der Waals surface area contributed by atoms with Gasteiger partial charge in [-0.1, -0.05) is 37.2 Å². The molecule has 0 fully saturated rings. The molecule has 0 spiro atoms. The van der Waals surface area contributed by atoms with E-state index in [2.05, 4.69) is 23.1 Å². The van der Waals surface area contributed by atoms with Crippen molar-refractivity contribution < 1.29 is 4.52 Å². The Morgan fingerprint density at radius 1 is 1.29 bits per heavy atom. The lowest BCUT2D eigenvalue weighted by Crippen LogP contribution is -1.91. The summed E-state index contributed by atoms with van der Waals surface area (Å²) in [6.45, 7) is 4.10. The van der Waals surface area contributed by atoms with Gasteiger partial charge in [-0.05, 0) is 24.5 Å². The van der Waals surface area contributed by atoms with Crippen molar-refractivity contribution in [2.75, 3.05) is 0 Å². The summed E-state index contributed by atoms with van der Waals surface area (Å²) in [5.41, 5.74) is 2.19. The second kappa shape index (κ2) is 5.32. The minimum absolute atomic E-state index is 0.179. The largest absolute Gasteiger partial charge is 0.334 e. The second-order valence-corrected chi connectivity index (χ2v) is 4.37. The van der Waals surface area contributed by atoms with Crippen molar-refractivity contribution in [3.63, 3.8) is 0 Å². The van der Waals surface area contributed by atoms with Gasteiger partial charge >= 0.3 is 0 Å². The molecule has 1 unspecified atom stereocenters. The van der Waals surface area contributed by atoms with Crippen LogP contribution in [0.5, 0.6) is 0 Å². The number of alkyl halides is 1. The number of benzene rings is 1. The fraction of sp³-hybridized carbons (Fsp3) is 0.385. The number of rotatable bonds is 4. The summed E-state index contributed by atoms with van der Waals surface area (Å²) in [4.78, 5) is 4.35. The van der Waals surface area contributed by atoms with E-state index in [4.69, 9.17) is 16.1 Å². The van der Waals surface area contributed by atoms with Gasteiger partial charge in [0.25, 0.3) is 5.89 Å². The topological polar surface area (TPSA) is 38.9 Å². The quantitative estimate of drug-likeness (QED) is 0.771. The molecule has 0 saturated heterocycles. The van der Waals surface area contributed by atoms with Crippen molar-refractivity contribution in [1.29, 1.82) is 0 Å². The highest BCUT2D eigenvalue weighted by Gasteiger charge is 2.16. The van der Waals surface area contributed by atoms with Crippen LogP contribution in [0.15, 0.2) is 28.8 Å². The van der Waals surface area contributed by atoms with Crippen LogP contribution in [-0.2, 0) is 6.42 Å². The zero-order valence-electron chi connectivity index (χ0n) is 9.98. The third-order valence-electron chi connectivity index (χ3n) is 2.71. The van der Waals surface area contributed by atoms with Crippen molar-refractivity contribution in [3.05, 3.63) is 35.7 Å². The van der Waals surface area contributed by atoms with E-state index >= 15 is 0 Å². The van der Waals surface area contributed by atoms with Gasteiger partial charge in [-0.15, -0.1) is 11.6 Å². The first-order valence-electron chi connectivity index (χ1n) is 5.82. The van der Waals surface area contributed by atoms with Crippen LogP contribution in [0.3, 0.4) is 0 Å². The average molecular weight is 251 g/mol. The van der Waals surface area contributed by atoms with Crippen molar-refractivity contribution in [3.8, 4) is 11.5 Å². The van der Waals surface area contributed by atoms with Crippen LogP contribution in [0, 0.1) is 0 Å². The molecule has 0 aliphatic rings. The SMILES string of the molecule is CCc1ccccc1-c1nc(C(Cl)CC)no1. The van der Waals surface area contributed by atoms with E-state index in [-0.39, 0.29) is 5.38 Å². The fourth-order valence-corrected chi connectivity index (χ4v) is 1.78. The van der Waals surface area contributed by atoms with Crippen molar-refractivity contribution in [1.82, 2.24) is 10.1 Å². The molecule has 2 rings (SSSR count). The third-order valence-corrected chi connectivity index (χ3v) is 3.21. The summed E-state index contributed by atoms with van der Waals surface area (Å²) in [5, 5.41) is 3.74. The van der Waals surface area contributed by atoms with Crippen LogP contribution in [0.25, 0.3) is 11.5 Å². The molecular formula is C13H15ClN2O. The summed E-state index contributed by atoms with van der Waals surface area (Å²) >= 11 is 6.08. The van der Waals surface area contributed by atoms with E-state index in [9.17, 15) is 0 Å². The molecule has 1 atom stereocenters. The molecule has 0 aliphatic heterocycles. The van der Waals surface area contributed by atoms with Gasteiger partial charge in [0.1, 0.15) is 0 Å². The first-order chi connectivity index (χ1) is 8.26. The van der Waals surface area contributed by atoms with Gasteiger partial charge in [-0.25, -0.2) is 0 Å². The van der Waals surface area contributed by atoms with E-state index in [1.54, 1.807) is 0 Å². The van der Waals surface area contributed by atoms with E-state index in [0.717, 1.165) is 18.4 Å². The summed E-state index contributed by atoms with van der Waals surface area (Å²) < 4.78 is 5.27. The molecule has 3 nitrogen and oxygen atoms in total. The van der Waals surface area contributed by atoms with E-state index < -0.39 is 0 Å². The predicted octanol–water partition coefficient (Wildman–Crippen LogP) is 3.99. The van der Waals surface area contributed by atoms with Crippen LogP contribution in [-0.4, -0.2) is 10.1 Å². The number of nitrogens with zero attached hydrogens (tertiary/aromatic N) is 2. The first kappa shape index (κ1) is 12.1. The molecular weight excluding hydrogens is 236 g/mol. The molecule has 90 valence electrons. The standard InChI is InChI=1S/C13H15ClN2O/c1-3-9-7-5-6-8-10(9)13-15-12(16-17-13)11(14)4-2/h5-8,11H,3-4H2,1-2H3. The number of halogens is 1. The molecule has 1 aromatic carbocycles. The number of aryl methyl sites for hydroxylation is 1. The highest BCUT2D eigenvalue weighted by atomic mass is 35.5. The summed E-state index contributed by atoms with van der Waals surface area (Å²) in [5.74, 6) is 1.12. The van der Waals surface area contributed by atoms with Gasteiger partial charge in [0.15, 0.2) is 5.82 Å². The Balaban J connectivity index is 2.37. The number of aromatic nitrogens is 2. The van der Waals surface area contributed by atoms with Gasteiger partial charge in [0.05, 0.1) is 5.38 Å². The average Bonchev–Trinajstić information content (AvgIpc) is 2.87. The molecule has 17 heavy (non-hydrogen) atoms. The molecule has 4 heteroatoms. The minimum atomic E-state index is -0.179. The van der Waals surface area contributed by atoms with Crippen LogP contribution < -0.4 is 0 Å². The Labute approximate surface area is 106 Å². The maximum atomic E-state index is 6.08. The highest BCUT2D eigenvalue weighted by Crippen LogP contribution is 2.26. The molecule has 0 aliphatic carbocycles. The lowest BCUT2D eigenvalue weighted by atomic mass is 10.1. The smallest absolute Gasteiger partial charge is 0.258 e. The Kier molecular flexibility index (Phi) is 3.79. The van der Waals surface area contributed by atoms with Crippen molar-refractivity contribution in [2.45, 2.75) is 32.1 Å². The summed E-state index contributed by atoms with van der Waals surface area (Å²) in [7, 11) is 0. The number of hydrogen-bond acceptors (Lipinski definition) is 3. The van der Waals surface area contributed by atoms with E-state index in [1.807, 2.05) is 25.1 Å². The summed E-state index contributed by atoms with van der Waals surface area (Å²) in [6.07, 6.45) is 1.72.